The number of aryl methyl sites for hydroxylation is 1. The fourth-order valence-corrected chi connectivity index (χ4v) is 2.62. The molecule has 0 saturated heterocycles. The third kappa shape index (κ3) is 2.88. The molecule has 0 bridgehead atoms. The lowest BCUT2D eigenvalue weighted by atomic mass is 10.2. The zero-order valence-electron chi connectivity index (χ0n) is 9.97. The van der Waals surface area contributed by atoms with Crippen LogP contribution in [0, 0.1) is 6.92 Å². The van der Waals surface area contributed by atoms with Crippen LogP contribution in [0.3, 0.4) is 0 Å². The number of rotatable bonds is 3. The average Bonchev–Trinajstić information content (AvgIpc) is 2.80. The Morgan fingerprint density at radius 3 is 2.82 bits per heavy atom. The monoisotopic (exact) mass is 249 g/mol. The van der Waals surface area contributed by atoms with Crippen LogP contribution < -0.4 is 0 Å². The number of carbonyl (C=O) groups excluding carboxylic acids is 1. The van der Waals surface area contributed by atoms with E-state index >= 15 is 0 Å². The van der Waals surface area contributed by atoms with Crippen molar-refractivity contribution in [1.29, 1.82) is 0 Å². The van der Waals surface area contributed by atoms with E-state index in [0.717, 1.165) is 10.6 Å². The number of benzene rings is 1. The van der Waals surface area contributed by atoms with Crippen LogP contribution in [0.25, 0.3) is 0 Å². The van der Waals surface area contributed by atoms with E-state index in [-0.39, 0.29) is 12.0 Å². The summed E-state index contributed by atoms with van der Waals surface area (Å²) >= 11 is 1.61. The predicted octanol–water partition coefficient (Wildman–Crippen LogP) is 2.42. The van der Waals surface area contributed by atoms with Crippen LogP contribution in [-0.4, -0.2) is 29.4 Å². The van der Waals surface area contributed by atoms with Gasteiger partial charge in [-0.15, -0.1) is 11.8 Å². The SMILES string of the molecule is CCOC(=O)C1CSC(c2ccc(C)cc2)=N1. The van der Waals surface area contributed by atoms with Gasteiger partial charge in [-0.2, -0.15) is 0 Å². The van der Waals surface area contributed by atoms with Crippen molar-refractivity contribution in [3.05, 3.63) is 35.4 Å². The first kappa shape index (κ1) is 12.2. The molecule has 1 heterocycles. The quantitative estimate of drug-likeness (QED) is 0.772. The summed E-state index contributed by atoms with van der Waals surface area (Å²) in [5.74, 6) is 0.462. The molecule has 1 aromatic rings. The van der Waals surface area contributed by atoms with Crippen molar-refractivity contribution in [2.24, 2.45) is 4.99 Å². The molecule has 0 radical (unpaired) electrons. The standard InChI is InChI=1S/C13H15NO2S/c1-3-16-13(15)11-8-17-12(14-11)10-6-4-9(2)5-7-10/h4-7,11H,3,8H2,1-2H3. The van der Waals surface area contributed by atoms with Crippen LogP contribution >= 0.6 is 11.8 Å². The Hall–Kier alpha value is -1.29. The molecule has 0 aromatic heterocycles. The van der Waals surface area contributed by atoms with Gasteiger partial charge in [-0.05, 0) is 13.8 Å². The molecule has 0 N–H and O–H groups in total. The summed E-state index contributed by atoms with van der Waals surface area (Å²) in [6.45, 7) is 4.27. The lowest BCUT2D eigenvalue weighted by molar-refractivity contribution is -0.143. The number of carbonyl (C=O) groups is 1. The van der Waals surface area contributed by atoms with Crippen LogP contribution in [0.4, 0.5) is 0 Å². The van der Waals surface area contributed by atoms with Gasteiger partial charge in [0.1, 0.15) is 0 Å². The molecule has 1 unspecified atom stereocenters. The summed E-state index contributed by atoms with van der Waals surface area (Å²) in [7, 11) is 0. The Morgan fingerprint density at radius 2 is 2.18 bits per heavy atom. The van der Waals surface area contributed by atoms with Gasteiger partial charge in [0.25, 0.3) is 0 Å². The fourth-order valence-electron chi connectivity index (χ4n) is 1.59. The molecule has 0 aliphatic carbocycles. The summed E-state index contributed by atoms with van der Waals surface area (Å²) in [6.07, 6.45) is 0. The molecular formula is C13H15NO2S. The summed E-state index contributed by atoms with van der Waals surface area (Å²) < 4.78 is 4.97. The van der Waals surface area contributed by atoms with Gasteiger partial charge in [-0.3, -0.25) is 4.99 Å². The maximum absolute atomic E-state index is 11.5. The molecule has 17 heavy (non-hydrogen) atoms. The highest BCUT2D eigenvalue weighted by molar-refractivity contribution is 8.14. The lowest BCUT2D eigenvalue weighted by Gasteiger charge is -2.03. The highest BCUT2D eigenvalue weighted by atomic mass is 32.2. The second-order valence-electron chi connectivity index (χ2n) is 3.88. The summed E-state index contributed by atoms with van der Waals surface area (Å²) in [5, 5.41) is 0.933. The highest BCUT2D eigenvalue weighted by Crippen LogP contribution is 2.24. The van der Waals surface area contributed by atoms with E-state index in [1.165, 1.54) is 5.56 Å². The average molecular weight is 249 g/mol. The van der Waals surface area contributed by atoms with Crippen LogP contribution in [0.2, 0.25) is 0 Å². The van der Waals surface area contributed by atoms with Gasteiger partial charge < -0.3 is 4.74 Å². The van der Waals surface area contributed by atoms with Crippen molar-refractivity contribution in [1.82, 2.24) is 0 Å². The molecule has 1 aliphatic rings. The van der Waals surface area contributed by atoms with E-state index in [1.54, 1.807) is 11.8 Å². The fraction of sp³-hybridized carbons (Fsp3) is 0.385. The summed E-state index contributed by atoms with van der Waals surface area (Å²) in [5.41, 5.74) is 2.30. The maximum Gasteiger partial charge on any atom is 0.331 e. The molecule has 0 fully saturated rings. The van der Waals surface area contributed by atoms with E-state index < -0.39 is 0 Å². The second-order valence-corrected chi connectivity index (χ2v) is 4.89. The minimum atomic E-state index is -0.337. The van der Waals surface area contributed by atoms with E-state index in [0.29, 0.717) is 12.4 Å². The predicted molar refractivity (Wildman–Crippen MR) is 70.6 cm³/mol. The van der Waals surface area contributed by atoms with Gasteiger partial charge in [0, 0.05) is 11.3 Å². The molecule has 3 nitrogen and oxygen atoms in total. The number of nitrogens with zero attached hydrogens (tertiary/aromatic N) is 1. The van der Waals surface area contributed by atoms with Gasteiger partial charge in [0.05, 0.1) is 11.7 Å². The van der Waals surface area contributed by atoms with Crippen molar-refractivity contribution in [2.75, 3.05) is 12.4 Å². The van der Waals surface area contributed by atoms with Crippen LogP contribution in [-0.2, 0) is 9.53 Å². The molecule has 1 aliphatic heterocycles. The molecule has 1 aromatic carbocycles. The normalized spacial score (nSPS) is 18.9. The van der Waals surface area contributed by atoms with Gasteiger partial charge in [0.2, 0.25) is 0 Å². The molecule has 2 rings (SSSR count). The number of aliphatic imine (C=N–C) groups is 1. The van der Waals surface area contributed by atoms with Crippen molar-refractivity contribution in [3.8, 4) is 0 Å². The molecular weight excluding hydrogens is 234 g/mol. The molecule has 0 saturated carbocycles. The van der Waals surface area contributed by atoms with Gasteiger partial charge >= 0.3 is 5.97 Å². The van der Waals surface area contributed by atoms with E-state index in [9.17, 15) is 4.79 Å². The molecule has 4 heteroatoms. The Labute approximate surface area is 105 Å². The highest BCUT2D eigenvalue weighted by Gasteiger charge is 2.26. The Morgan fingerprint density at radius 1 is 1.47 bits per heavy atom. The smallest absolute Gasteiger partial charge is 0.331 e. The van der Waals surface area contributed by atoms with Crippen molar-refractivity contribution >= 4 is 22.8 Å². The Bertz CT molecular complexity index is 439. The van der Waals surface area contributed by atoms with Gasteiger partial charge in [-0.25, -0.2) is 4.79 Å². The van der Waals surface area contributed by atoms with E-state index in [1.807, 2.05) is 19.1 Å². The van der Waals surface area contributed by atoms with Crippen molar-refractivity contribution in [2.45, 2.75) is 19.9 Å². The maximum atomic E-state index is 11.5. The zero-order chi connectivity index (χ0) is 12.3. The molecule has 1 atom stereocenters. The van der Waals surface area contributed by atoms with Gasteiger partial charge in [-0.1, -0.05) is 29.8 Å². The number of hydrogen-bond acceptors (Lipinski definition) is 4. The van der Waals surface area contributed by atoms with Crippen LogP contribution in [0.5, 0.6) is 0 Å². The number of ether oxygens (including phenoxy) is 1. The number of thioether (sulfide) groups is 1. The minimum absolute atomic E-state index is 0.220. The van der Waals surface area contributed by atoms with E-state index in [2.05, 4.69) is 24.0 Å². The van der Waals surface area contributed by atoms with Crippen LogP contribution in [0.15, 0.2) is 29.3 Å². The lowest BCUT2D eigenvalue weighted by Crippen LogP contribution is -2.21. The zero-order valence-corrected chi connectivity index (χ0v) is 10.8. The van der Waals surface area contributed by atoms with Gasteiger partial charge in [0.15, 0.2) is 6.04 Å². The topological polar surface area (TPSA) is 38.7 Å². The first-order valence-corrected chi connectivity index (χ1v) is 6.63. The summed E-state index contributed by atoms with van der Waals surface area (Å²) in [6, 6.07) is 7.84. The third-order valence-corrected chi connectivity index (χ3v) is 3.61. The Kier molecular flexibility index (Phi) is 3.84. The Balaban J connectivity index is 2.11. The van der Waals surface area contributed by atoms with Crippen molar-refractivity contribution in [3.63, 3.8) is 0 Å². The first-order valence-electron chi connectivity index (χ1n) is 5.65. The summed E-state index contributed by atoms with van der Waals surface area (Å²) in [4.78, 5) is 15.9. The number of esters is 1. The van der Waals surface area contributed by atoms with Crippen LogP contribution in [0.1, 0.15) is 18.1 Å². The third-order valence-electron chi connectivity index (χ3n) is 2.51. The van der Waals surface area contributed by atoms with E-state index in [4.69, 9.17) is 4.74 Å². The molecule has 0 amide bonds. The number of hydrogen-bond donors (Lipinski definition) is 0. The second kappa shape index (κ2) is 5.36. The molecule has 90 valence electrons. The first-order chi connectivity index (χ1) is 8.20. The molecule has 0 spiro atoms. The van der Waals surface area contributed by atoms with Crippen molar-refractivity contribution < 1.29 is 9.53 Å². The minimum Gasteiger partial charge on any atom is -0.464 e. The largest absolute Gasteiger partial charge is 0.464 e.